The molecule has 0 saturated heterocycles. The lowest BCUT2D eigenvalue weighted by Crippen LogP contribution is -2.32. The third-order valence-corrected chi connectivity index (χ3v) is 8.77. The first-order valence-corrected chi connectivity index (χ1v) is 22.4. The first-order chi connectivity index (χ1) is 30.1. The van der Waals surface area contributed by atoms with Crippen molar-refractivity contribution in [3.05, 3.63) is 0 Å². The number of amides is 4. The van der Waals surface area contributed by atoms with Gasteiger partial charge in [0.05, 0.1) is 75.3 Å². The minimum atomic E-state index is -0.492. The fourth-order valence-electron chi connectivity index (χ4n) is 3.36. The summed E-state index contributed by atoms with van der Waals surface area (Å²) in [5.41, 5.74) is -0.938. The molecule has 0 spiro atoms. The predicted molar refractivity (Wildman–Crippen MR) is 240 cm³/mol. The summed E-state index contributed by atoms with van der Waals surface area (Å²) in [7, 11) is 0. The highest BCUT2D eigenvalue weighted by Gasteiger charge is 2.27. The van der Waals surface area contributed by atoms with Gasteiger partial charge in [0.25, 0.3) is 0 Å². The molecule has 0 aliphatic heterocycles. The minimum Gasteiger partial charge on any atom is -0.464 e. The summed E-state index contributed by atoms with van der Waals surface area (Å²) in [4.78, 5) is 89.1. The molecule has 0 heterocycles. The summed E-state index contributed by atoms with van der Waals surface area (Å²) in [6, 6.07) is 0. The Hall–Kier alpha value is -5.04. The molecule has 20 nitrogen and oxygen atoms in total. The van der Waals surface area contributed by atoms with E-state index in [0.717, 1.165) is 38.5 Å². The molecule has 2 unspecified atom stereocenters. The number of hydrogen-bond acceptors (Lipinski definition) is 16. The van der Waals surface area contributed by atoms with Crippen LogP contribution in [-0.4, -0.2) is 127 Å². The zero-order valence-corrected chi connectivity index (χ0v) is 41.4. The van der Waals surface area contributed by atoms with Crippen LogP contribution in [0, 0.1) is 22.7 Å². The van der Waals surface area contributed by atoms with Crippen molar-refractivity contribution in [2.45, 2.75) is 135 Å². The number of hydrogen-bond donors (Lipinski definition) is 4. The van der Waals surface area contributed by atoms with Gasteiger partial charge in [0.15, 0.2) is 0 Å². The van der Waals surface area contributed by atoms with E-state index in [9.17, 15) is 38.4 Å². The van der Waals surface area contributed by atoms with E-state index in [4.69, 9.17) is 28.4 Å². The van der Waals surface area contributed by atoms with E-state index < -0.39 is 35.2 Å². The molecule has 0 aromatic heterocycles. The summed E-state index contributed by atoms with van der Waals surface area (Å²) < 4.78 is 38.8. The van der Waals surface area contributed by atoms with Crippen LogP contribution >= 0.6 is 0 Å². The lowest BCUT2D eigenvalue weighted by Gasteiger charge is -2.20. The Labute approximate surface area is 382 Å². The van der Waals surface area contributed by atoms with Crippen molar-refractivity contribution in [3.63, 3.8) is 0 Å². The van der Waals surface area contributed by atoms with E-state index in [-0.39, 0.29) is 88.3 Å². The first-order valence-electron chi connectivity index (χ1n) is 22.4. The van der Waals surface area contributed by atoms with Gasteiger partial charge in [-0.05, 0) is 80.1 Å². The van der Waals surface area contributed by atoms with Crippen LogP contribution in [0.3, 0.4) is 0 Å². The fourth-order valence-corrected chi connectivity index (χ4v) is 3.36. The lowest BCUT2D eigenvalue weighted by atomic mass is 9.91. The maximum Gasteiger partial charge on any atom is 0.407 e. The van der Waals surface area contributed by atoms with Crippen molar-refractivity contribution >= 4 is 48.3 Å². The maximum absolute atomic E-state index is 11.5. The fraction of sp³-hybridized carbons (Fsp3) is 0.818. The van der Waals surface area contributed by atoms with Crippen LogP contribution in [-0.2, 0) is 57.1 Å². The molecular weight excluding hydrogens is 840 g/mol. The van der Waals surface area contributed by atoms with E-state index in [2.05, 4.69) is 30.7 Å². The van der Waals surface area contributed by atoms with Gasteiger partial charge in [0.1, 0.15) is 26.4 Å². The van der Waals surface area contributed by atoms with E-state index in [1.165, 1.54) is 0 Å². The van der Waals surface area contributed by atoms with E-state index >= 15 is 0 Å². The Kier molecular flexibility index (Phi) is 43.0. The van der Waals surface area contributed by atoms with Crippen LogP contribution in [0.15, 0.2) is 0 Å². The molecule has 0 saturated carbocycles. The molecule has 2 atom stereocenters. The molecule has 20 heteroatoms. The lowest BCUT2D eigenvalue weighted by molar-refractivity contribution is -0.154. The first kappa shape index (κ1) is 65.6. The summed E-state index contributed by atoms with van der Waals surface area (Å²) in [5.74, 6) is -1.14. The van der Waals surface area contributed by atoms with E-state index in [1.807, 2.05) is 76.2 Å². The Morgan fingerprint density at radius 3 is 0.891 bits per heavy atom. The molecule has 0 fully saturated rings. The average Bonchev–Trinajstić information content (AvgIpc) is 3.27. The van der Waals surface area contributed by atoms with Gasteiger partial charge in [-0.15, -0.1) is 0 Å². The molecule has 0 aromatic carbocycles. The van der Waals surface area contributed by atoms with Crippen molar-refractivity contribution in [1.29, 1.82) is 0 Å². The quantitative estimate of drug-likeness (QED) is 0.0393. The zero-order chi connectivity index (χ0) is 50.0. The van der Waals surface area contributed by atoms with Gasteiger partial charge < -0.3 is 59.2 Å². The minimum absolute atomic E-state index is 0.0902. The molecule has 64 heavy (non-hydrogen) atoms. The molecule has 4 N–H and O–H groups in total. The molecule has 0 rings (SSSR count). The number of alkyl carbamates (subject to hydrolysis) is 4. The van der Waals surface area contributed by atoms with Gasteiger partial charge in [0.2, 0.25) is 0 Å². The Bertz CT molecular complexity index is 1300. The molecule has 4 amide bonds. The van der Waals surface area contributed by atoms with E-state index in [1.54, 1.807) is 20.8 Å². The zero-order valence-electron chi connectivity index (χ0n) is 41.4. The molecule has 0 radical (unpaired) electrons. The largest absolute Gasteiger partial charge is 0.464 e. The Morgan fingerprint density at radius 1 is 0.391 bits per heavy atom. The third kappa shape index (κ3) is 39.8. The molecule has 376 valence electrons. The van der Waals surface area contributed by atoms with Gasteiger partial charge in [-0.2, -0.15) is 0 Å². The summed E-state index contributed by atoms with van der Waals surface area (Å²) >= 11 is 0. The molecular formula is C44H84N4O16. The highest BCUT2D eigenvalue weighted by molar-refractivity contribution is 5.76. The van der Waals surface area contributed by atoms with Crippen molar-refractivity contribution < 1.29 is 76.3 Å². The van der Waals surface area contributed by atoms with Crippen molar-refractivity contribution in [1.82, 2.24) is 21.3 Å². The number of carbonyl (C=O) groups excluding carboxylic acids is 8. The van der Waals surface area contributed by atoms with Gasteiger partial charge >= 0.3 is 48.3 Å². The van der Waals surface area contributed by atoms with Crippen molar-refractivity contribution in [2.24, 2.45) is 22.7 Å². The second-order valence-electron chi connectivity index (χ2n) is 15.1. The van der Waals surface area contributed by atoms with Crippen molar-refractivity contribution in [2.75, 3.05) is 79.0 Å². The highest BCUT2D eigenvalue weighted by Crippen LogP contribution is 2.22. The average molecular weight is 925 g/mol. The van der Waals surface area contributed by atoms with Gasteiger partial charge in [-0.3, -0.25) is 19.2 Å². The van der Waals surface area contributed by atoms with Gasteiger partial charge in [0, 0.05) is 0 Å². The smallest absolute Gasteiger partial charge is 0.407 e. The van der Waals surface area contributed by atoms with Crippen LogP contribution < -0.4 is 21.3 Å². The van der Waals surface area contributed by atoms with E-state index in [0.29, 0.717) is 26.4 Å². The molecule has 0 aliphatic carbocycles. The highest BCUT2D eigenvalue weighted by atomic mass is 16.6. The summed E-state index contributed by atoms with van der Waals surface area (Å²) in [6.45, 7) is 29.2. The number of carbonyl (C=O) groups is 8. The van der Waals surface area contributed by atoms with Crippen molar-refractivity contribution in [3.8, 4) is 0 Å². The number of ether oxygens (including phenoxy) is 8. The maximum atomic E-state index is 11.5. The monoisotopic (exact) mass is 925 g/mol. The summed E-state index contributed by atoms with van der Waals surface area (Å²) in [5, 5.41) is 9.92. The standard InChI is InChI=1S/C12H23NO4.2C11H21NO4.C10H19NO4/c1-5-8-17-11(15)13-7-9-16-10(14)12(3,4)6-2;1-5-11(3,4)9(13)16-8-7-12-10(14)15-6-2;1-4-7-16-11(14)12-6-8-15-10(13)9(3)5-2;1-4-8(3)9(12)15-7-6-11-10(13)14-5-2/h5-9H2,1-4H3,(H,13,15);5-8H2,1-4H3,(H,12,14);9H,4-8H2,1-3H3,(H,12,14);8H,4-7H2,1-3H3,(H,11,13). The second-order valence-corrected chi connectivity index (χ2v) is 15.1. The Morgan fingerprint density at radius 2 is 0.656 bits per heavy atom. The molecule has 0 bridgehead atoms. The van der Waals surface area contributed by atoms with Crippen LogP contribution in [0.1, 0.15) is 135 Å². The Balaban J connectivity index is -0.000000375. The number of nitrogens with one attached hydrogen (secondary N) is 4. The van der Waals surface area contributed by atoms with Crippen LogP contribution in [0.2, 0.25) is 0 Å². The van der Waals surface area contributed by atoms with Crippen LogP contribution in [0.4, 0.5) is 19.2 Å². The van der Waals surface area contributed by atoms with Gasteiger partial charge in [-0.1, -0.05) is 55.4 Å². The topological polar surface area (TPSA) is 259 Å². The van der Waals surface area contributed by atoms with Crippen LogP contribution in [0.25, 0.3) is 0 Å². The predicted octanol–water partition coefficient (Wildman–Crippen LogP) is 6.85. The third-order valence-electron chi connectivity index (χ3n) is 8.77. The number of rotatable bonds is 26. The SMILES string of the molecule is CCCOC(=O)NCCOC(=O)C(C)(C)CC.CCCOC(=O)NCCOC(=O)C(C)CC.CCOC(=O)NCCOC(=O)C(C)(C)CC.CCOC(=O)NCCOC(=O)C(C)CC. The number of esters is 4. The van der Waals surface area contributed by atoms with Gasteiger partial charge in [-0.25, -0.2) is 19.2 Å². The summed E-state index contributed by atoms with van der Waals surface area (Å²) in [6.07, 6.45) is 2.59. The molecule has 0 aromatic rings. The van der Waals surface area contributed by atoms with Crippen LogP contribution in [0.5, 0.6) is 0 Å². The molecule has 0 aliphatic rings. The normalized spacial score (nSPS) is 11.2. The second kappa shape index (κ2) is 41.9.